The highest BCUT2D eigenvalue weighted by Crippen LogP contribution is 2.17. The van der Waals surface area contributed by atoms with E-state index in [1.54, 1.807) is 17.4 Å². The van der Waals surface area contributed by atoms with E-state index in [1.165, 1.54) is 10.5 Å². The van der Waals surface area contributed by atoms with Crippen molar-refractivity contribution >= 4 is 34.9 Å². The highest BCUT2D eigenvalue weighted by atomic mass is 32.1. The van der Waals surface area contributed by atoms with E-state index in [0.717, 1.165) is 35.6 Å². The van der Waals surface area contributed by atoms with Crippen molar-refractivity contribution in [3.05, 3.63) is 57.8 Å². The van der Waals surface area contributed by atoms with Crippen molar-refractivity contribution in [2.45, 2.75) is 20.3 Å². The molecule has 2 amide bonds. The normalized spacial score (nSPS) is 15.1. The first-order chi connectivity index (χ1) is 13.6. The van der Waals surface area contributed by atoms with Crippen LogP contribution >= 0.6 is 11.3 Å². The molecule has 5 nitrogen and oxygen atoms in total. The number of aryl methyl sites for hydroxylation is 2. The van der Waals surface area contributed by atoms with Gasteiger partial charge in [-0.05, 0) is 48.1 Å². The van der Waals surface area contributed by atoms with E-state index in [9.17, 15) is 9.59 Å². The Bertz CT molecular complexity index is 851. The molecule has 1 fully saturated rings. The maximum atomic E-state index is 12.4. The maximum Gasteiger partial charge on any atom is 0.279 e. The van der Waals surface area contributed by atoms with Gasteiger partial charge in [-0.3, -0.25) is 9.59 Å². The van der Waals surface area contributed by atoms with Crippen molar-refractivity contribution in [2.24, 2.45) is 0 Å². The summed E-state index contributed by atoms with van der Waals surface area (Å²) in [6.07, 6.45) is 4.46. The number of benzene rings is 1. The van der Waals surface area contributed by atoms with E-state index in [1.807, 2.05) is 47.5 Å². The third-order valence-corrected chi connectivity index (χ3v) is 6.13. The Morgan fingerprint density at radius 3 is 2.64 bits per heavy atom. The van der Waals surface area contributed by atoms with Crippen LogP contribution in [0.5, 0.6) is 0 Å². The van der Waals surface area contributed by atoms with Crippen LogP contribution in [0.4, 0.5) is 5.69 Å². The van der Waals surface area contributed by atoms with Crippen molar-refractivity contribution in [1.29, 1.82) is 0 Å². The summed E-state index contributed by atoms with van der Waals surface area (Å²) in [4.78, 5) is 29.0. The SMILES string of the molecule is CCc1ccccc1NC(=O)C[NH+]1CCN(C(=O)/C=C/c2sccc2C)CC1. The van der Waals surface area contributed by atoms with E-state index in [0.29, 0.717) is 19.6 Å². The standard InChI is InChI=1S/C22H27N3O2S/c1-3-18-6-4-5-7-19(18)23-21(26)16-24-11-13-25(14-12-24)22(27)9-8-20-17(2)10-15-28-20/h4-10,15H,3,11-14,16H2,1-2H3,(H,23,26)/p+1/b9-8+. The lowest BCUT2D eigenvalue weighted by Crippen LogP contribution is -3.15. The molecule has 0 unspecified atom stereocenters. The number of piperazine rings is 1. The molecule has 0 saturated carbocycles. The van der Waals surface area contributed by atoms with E-state index in [4.69, 9.17) is 0 Å². The van der Waals surface area contributed by atoms with Crippen LogP contribution in [0, 0.1) is 6.92 Å². The Hall–Kier alpha value is -2.44. The number of hydrogen-bond acceptors (Lipinski definition) is 3. The number of carbonyl (C=O) groups excluding carboxylic acids is 2. The van der Waals surface area contributed by atoms with Crippen molar-refractivity contribution in [1.82, 2.24) is 4.90 Å². The zero-order valence-corrected chi connectivity index (χ0v) is 17.3. The summed E-state index contributed by atoms with van der Waals surface area (Å²) >= 11 is 1.64. The number of thiophene rings is 1. The first kappa shape index (κ1) is 20.3. The van der Waals surface area contributed by atoms with Gasteiger partial charge < -0.3 is 15.1 Å². The minimum atomic E-state index is 0.0312. The van der Waals surface area contributed by atoms with Gasteiger partial charge in [0.05, 0.1) is 26.2 Å². The molecule has 148 valence electrons. The second-order valence-corrected chi connectivity index (χ2v) is 8.06. The molecule has 1 aromatic heterocycles. The maximum absolute atomic E-state index is 12.4. The van der Waals surface area contributed by atoms with Crippen LogP contribution in [-0.4, -0.2) is 49.4 Å². The molecule has 0 spiro atoms. The molecular weight excluding hydrogens is 370 g/mol. The number of para-hydroxylation sites is 1. The Balaban J connectivity index is 1.46. The van der Waals surface area contributed by atoms with Crippen LogP contribution in [0.25, 0.3) is 6.08 Å². The Labute approximate surface area is 170 Å². The molecule has 2 aromatic rings. The topological polar surface area (TPSA) is 53.9 Å². The van der Waals surface area contributed by atoms with E-state index in [-0.39, 0.29) is 11.8 Å². The van der Waals surface area contributed by atoms with Crippen LogP contribution in [0.2, 0.25) is 0 Å². The van der Waals surface area contributed by atoms with E-state index in [2.05, 4.69) is 18.3 Å². The lowest BCUT2D eigenvalue weighted by molar-refractivity contribution is -0.895. The summed E-state index contributed by atoms with van der Waals surface area (Å²) in [6, 6.07) is 9.98. The fourth-order valence-corrected chi connectivity index (χ4v) is 4.22. The third kappa shape index (κ3) is 5.30. The fraction of sp³-hybridized carbons (Fsp3) is 0.364. The van der Waals surface area contributed by atoms with E-state index >= 15 is 0 Å². The summed E-state index contributed by atoms with van der Waals surface area (Å²) in [5.41, 5.74) is 3.24. The number of hydrogen-bond donors (Lipinski definition) is 2. The zero-order valence-electron chi connectivity index (χ0n) is 16.5. The number of nitrogens with one attached hydrogen (secondary N) is 2. The first-order valence-electron chi connectivity index (χ1n) is 9.79. The molecular formula is C22H28N3O2S+. The number of carbonyl (C=O) groups is 2. The van der Waals surface area contributed by atoms with Gasteiger partial charge in [-0.25, -0.2) is 0 Å². The van der Waals surface area contributed by atoms with Gasteiger partial charge in [-0.2, -0.15) is 0 Å². The fourth-order valence-electron chi connectivity index (χ4n) is 3.40. The Morgan fingerprint density at radius 2 is 1.96 bits per heavy atom. The molecule has 2 N–H and O–H groups in total. The summed E-state index contributed by atoms with van der Waals surface area (Å²) in [5.74, 6) is 0.0805. The number of quaternary nitrogens is 1. The second-order valence-electron chi connectivity index (χ2n) is 7.11. The number of nitrogens with zero attached hydrogens (tertiary/aromatic N) is 1. The van der Waals surface area contributed by atoms with Gasteiger partial charge in [0.1, 0.15) is 0 Å². The lowest BCUT2D eigenvalue weighted by atomic mass is 10.1. The summed E-state index contributed by atoms with van der Waals surface area (Å²) < 4.78 is 0. The molecule has 28 heavy (non-hydrogen) atoms. The van der Waals surface area contributed by atoms with Crippen LogP contribution in [0.3, 0.4) is 0 Å². The number of amides is 2. The molecule has 1 aromatic carbocycles. The van der Waals surface area contributed by atoms with Crippen LogP contribution in [0.1, 0.15) is 22.9 Å². The molecule has 0 radical (unpaired) electrons. The minimum absolute atomic E-state index is 0.0312. The van der Waals surface area contributed by atoms with Crippen molar-refractivity contribution in [3.63, 3.8) is 0 Å². The van der Waals surface area contributed by atoms with Crippen LogP contribution in [0.15, 0.2) is 41.8 Å². The summed E-state index contributed by atoms with van der Waals surface area (Å²) in [5, 5.41) is 5.07. The predicted octanol–water partition coefficient (Wildman–Crippen LogP) is 2.00. The van der Waals surface area contributed by atoms with Gasteiger partial charge in [0.25, 0.3) is 5.91 Å². The summed E-state index contributed by atoms with van der Waals surface area (Å²) in [6.45, 7) is 7.51. The average molecular weight is 399 g/mol. The van der Waals surface area contributed by atoms with Gasteiger partial charge in [0.15, 0.2) is 6.54 Å². The van der Waals surface area contributed by atoms with Crippen LogP contribution < -0.4 is 10.2 Å². The number of anilines is 1. The highest BCUT2D eigenvalue weighted by molar-refractivity contribution is 7.11. The van der Waals surface area contributed by atoms with Gasteiger partial charge in [-0.1, -0.05) is 25.1 Å². The zero-order chi connectivity index (χ0) is 19.9. The Kier molecular flexibility index (Phi) is 7.01. The third-order valence-electron chi connectivity index (χ3n) is 5.14. The molecule has 0 atom stereocenters. The van der Waals surface area contributed by atoms with Crippen LogP contribution in [-0.2, 0) is 16.0 Å². The minimum Gasteiger partial charge on any atom is -0.328 e. The monoisotopic (exact) mass is 398 g/mol. The van der Waals surface area contributed by atoms with Crippen molar-refractivity contribution in [3.8, 4) is 0 Å². The largest absolute Gasteiger partial charge is 0.328 e. The molecule has 1 aliphatic heterocycles. The Morgan fingerprint density at radius 1 is 1.21 bits per heavy atom. The van der Waals surface area contributed by atoms with Crippen molar-refractivity contribution < 1.29 is 14.5 Å². The quantitative estimate of drug-likeness (QED) is 0.732. The molecule has 1 saturated heterocycles. The molecule has 3 rings (SSSR count). The van der Waals surface area contributed by atoms with Gasteiger partial charge in [0, 0.05) is 16.6 Å². The molecule has 1 aliphatic rings. The average Bonchev–Trinajstić information content (AvgIpc) is 3.12. The molecule has 0 bridgehead atoms. The molecule has 6 heteroatoms. The first-order valence-corrected chi connectivity index (χ1v) is 10.7. The number of rotatable bonds is 6. The smallest absolute Gasteiger partial charge is 0.279 e. The molecule has 2 heterocycles. The van der Waals surface area contributed by atoms with Gasteiger partial charge in [0.2, 0.25) is 5.91 Å². The summed E-state index contributed by atoms with van der Waals surface area (Å²) in [7, 11) is 0. The highest BCUT2D eigenvalue weighted by Gasteiger charge is 2.24. The molecule has 0 aliphatic carbocycles. The second kappa shape index (κ2) is 9.66. The van der Waals surface area contributed by atoms with Gasteiger partial charge in [-0.15, -0.1) is 11.3 Å². The van der Waals surface area contributed by atoms with Gasteiger partial charge >= 0.3 is 0 Å². The predicted molar refractivity (Wildman–Crippen MR) is 115 cm³/mol. The lowest BCUT2D eigenvalue weighted by Gasteiger charge is -2.31. The van der Waals surface area contributed by atoms with Crippen molar-refractivity contribution in [2.75, 3.05) is 38.0 Å². The van der Waals surface area contributed by atoms with E-state index < -0.39 is 0 Å².